The summed E-state index contributed by atoms with van der Waals surface area (Å²) in [4.78, 5) is 15.1. The van der Waals surface area contributed by atoms with Gasteiger partial charge in [-0.1, -0.05) is 121 Å². The van der Waals surface area contributed by atoms with Gasteiger partial charge in [-0.25, -0.2) is 4.79 Å². The molecule has 0 aliphatic rings. The third-order valence-corrected chi connectivity index (χ3v) is 6.47. The van der Waals surface area contributed by atoms with E-state index in [4.69, 9.17) is 4.74 Å². The van der Waals surface area contributed by atoms with E-state index in [1.54, 1.807) is 4.90 Å². The van der Waals surface area contributed by atoms with Crippen molar-refractivity contribution in [3.05, 3.63) is 144 Å². The second kappa shape index (κ2) is 13.3. The molecule has 0 saturated carbocycles. The van der Waals surface area contributed by atoms with Crippen LogP contribution in [0.5, 0.6) is 0 Å². The van der Waals surface area contributed by atoms with Gasteiger partial charge in [0.15, 0.2) is 0 Å². The normalized spacial score (nSPS) is 11.7. The third kappa shape index (κ3) is 7.06. The van der Waals surface area contributed by atoms with Gasteiger partial charge in [0.25, 0.3) is 0 Å². The summed E-state index contributed by atoms with van der Waals surface area (Å²) in [6.07, 6.45) is 0.854. The zero-order valence-electron chi connectivity index (χ0n) is 20.4. The van der Waals surface area contributed by atoms with E-state index in [-0.39, 0.29) is 25.2 Å². The van der Waals surface area contributed by atoms with Gasteiger partial charge in [-0.3, -0.25) is 0 Å². The van der Waals surface area contributed by atoms with Crippen molar-refractivity contribution in [3.8, 4) is 0 Å². The minimum atomic E-state index is -0.409. The van der Waals surface area contributed by atoms with Crippen LogP contribution in [0.4, 0.5) is 4.79 Å². The Morgan fingerprint density at radius 1 is 0.694 bits per heavy atom. The Labute approximate surface area is 213 Å². The van der Waals surface area contributed by atoms with Crippen LogP contribution in [0.15, 0.2) is 121 Å². The van der Waals surface area contributed by atoms with E-state index in [1.807, 2.05) is 97.1 Å². The molecule has 36 heavy (non-hydrogen) atoms. The first-order valence-electron chi connectivity index (χ1n) is 12.5. The fraction of sp³-hybridized carbons (Fsp3) is 0.219. The molecule has 1 unspecified atom stereocenters. The van der Waals surface area contributed by atoms with Crippen LogP contribution in [0.2, 0.25) is 0 Å². The number of benzene rings is 4. The molecule has 0 fully saturated rings. The van der Waals surface area contributed by atoms with Gasteiger partial charge in [0.2, 0.25) is 0 Å². The molecule has 4 nitrogen and oxygen atoms in total. The van der Waals surface area contributed by atoms with Gasteiger partial charge in [0.05, 0.1) is 12.6 Å². The number of hydrogen-bond donors (Lipinski definition) is 1. The maximum Gasteiger partial charge on any atom is 0.410 e. The van der Waals surface area contributed by atoms with Gasteiger partial charge in [-0.15, -0.1) is 0 Å². The van der Waals surface area contributed by atoms with Crippen molar-refractivity contribution in [1.29, 1.82) is 0 Å². The van der Waals surface area contributed by atoms with Crippen molar-refractivity contribution in [2.45, 2.75) is 31.4 Å². The highest BCUT2D eigenvalue weighted by molar-refractivity contribution is 5.68. The number of carbonyl (C=O) groups is 1. The van der Waals surface area contributed by atoms with Crippen LogP contribution < -0.4 is 0 Å². The predicted octanol–water partition coefficient (Wildman–Crippen LogP) is 6.45. The molecule has 4 aromatic rings. The highest BCUT2D eigenvalue weighted by Crippen LogP contribution is 2.29. The maximum atomic E-state index is 13.4. The lowest BCUT2D eigenvalue weighted by Crippen LogP contribution is -2.45. The van der Waals surface area contributed by atoms with E-state index in [9.17, 15) is 9.90 Å². The molecule has 0 aliphatic heterocycles. The fourth-order valence-electron chi connectivity index (χ4n) is 4.55. The van der Waals surface area contributed by atoms with Crippen LogP contribution in [0.1, 0.15) is 34.6 Å². The van der Waals surface area contributed by atoms with Gasteiger partial charge in [-0.05, 0) is 35.1 Å². The first kappa shape index (κ1) is 25.2. The zero-order valence-corrected chi connectivity index (χ0v) is 20.4. The summed E-state index contributed by atoms with van der Waals surface area (Å²) in [6, 6.07) is 40.0. The van der Waals surface area contributed by atoms with Crippen molar-refractivity contribution in [2.24, 2.45) is 0 Å². The topological polar surface area (TPSA) is 49.8 Å². The Kier molecular flexibility index (Phi) is 9.29. The lowest BCUT2D eigenvalue weighted by Gasteiger charge is -2.31. The van der Waals surface area contributed by atoms with E-state index in [2.05, 4.69) is 24.3 Å². The Balaban J connectivity index is 1.55. The second-order valence-electron chi connectivity index (χ2n) is 8.92. The summed E-state index contributed by atoms with van der Waals surface area (Å²) >= 11 is 0. The van der Waals surface area contributed by atoms with Crippen molar-refractivity contribution in [2.75, 3.05) is 13.2 Å². The minimum Gasteiger partial charge on any atom is -0.445 e. The molecule has 1 atom stereocenters. The molecule has 0 saturated heterocycles. The Morgan fingerprint density at radius 3 is 1.67 bits per heavy atom. The van der Waals surface area contributed by atoms with E-state index < -0.39 is 6.09 Å². The summed E-state index contributed by atoms with van der Waals surface area (Å²) in [7, 11) is 0. The molecule has 184 valence electrons. The van der Waals surface area contributed by atoms with E-state index in [0.717, 1.165) is 11.1 Å². The number of amides is 1. The predicted molar refractivity (Wildman–Crippen MR) is 144 cm³/mol. The first-order valence-corrected chi connectivity index (χ1v) is 12.5. The van der Waals surface area contributed by atoms with Crippen LogP contribution in [0.3, 0.4) is 0 Å². The number of aliphatic hydroxyl groups is 1. The molecule has 0 spiro atoms. The molecule has 4 rings (SSSR count). The molecule has 0 heterocycles. The summed E-state index contributed by atoms with van der Waals surface area (Å²) in [6.45, 7) is 0.511. The summed E-state index contributed by atoms with van der Waals surface area (Å²) in [5, 5.41) is 10.3. The molecule has 0 aliphatic carbocycles. The summed E-state index contributed by atoms with van der Waals surface area (Å²) < 4.78 is 5.73. The number of rotatable bonds is 11. The van der Waals surface area contributed by atoms with Crippen molar-refractivity contribution < 1.29 is 14.6 Å². The van der Waals surface area contributed by atoms with Crippen LogP contribution >= 0.6 is 0 Å². The van der Waals surface area contributed by atoms with Crippen molar-refractivity contribution in [3.63, 3.8) is 0 Å². The Morgan fingerprint density at radius 2 is 1.17 bits per heavy atom. The highest BCUT2D eigenvalue weighted by Gasteiger charge is 2.27. The number of ether oxygens (including phenoxy) is 1. The molecule has 0 aromatic heterocycles. The van der Waals surface area contributed by atoms with Crippen LogP contribution in [-0.2, 0) is 17.8 Å². The molecular weight excluding hydrogens is 446 g/mol. The lowest BCUT2D eigenvalue weighted by atomic mass is 9.88. The summed E-state index contributed by atoms with van der Waals surface area (Å²) in [5.74, 6) is 0.118. The molecule has 4 aromatic carbocycles. The number of hydrogen-bond acceptors (Lipinski definition) is 3. The Hall–Kier alpha value is -3.89. The Bertz CT molecular complexity index is 1130. The molecule has 1 N–H and O–H groups in total. The van der Waals surface area contributed by atoms with Crippen LogP contribution in [0.25, 0.3) is 0 Å². The van der Waals surface area contributed by atoms with E-state index >= 15 is 0 Å². The quantitative estimate of drug-likeness (QED) is 0.269. The van der Waals surface area contributed by atoms with Crippen LogP contribution in [-0.4, -0.2) is 35.3 Å². The second-order valence-corrected chi connectivity index (χ2v) is 8.92. The average Bonchev–Trinajstić information content (AvgIpc) is 2.95. The monoisotopic (exact) mass is 479 g/mol. The number of carbonyl (C=O) groups excluding carboxylic acids is 1. The standard InChI is InChI=1S/C32H33NO3/c34-24-30(23-26-13-5-1-6-14-26)33(32(35)36-25-27-15-7-2-8-16-27)22-21-31(28-17-9-3-10-18-28)29-19-11-4-12-20-29/h1-20,30-31,34H,21-25H2. The molecular formula is C32H33NO3. The van der Waals surface area contributed by atoms with Gasteiger partial charge < -0.3 is 14.7 Å². The van der Waals surface area contributed by atoms with Crippen molar-refractivity contribution >= 4 is 6.09 Å². The van der Waals surface area contributed by atoms with Crippen molar-refractivity contribution in [1.82, 2.24) is 4.90 Å². The first-order chi connectivity index (χ1) is 17.7. The lowest BCUT2D eigenvalue weighted by molar-refractivity contribution is 0.0631. The van der Waals surface area contributed by atoms with Gasteiger partial charge >= 0.3 is 6.09 Å². The largest absolute Gasteiger partial charge is 0.445 e. The van der Waals surface area contributed by atoms with Crippen LogP contribution in [0, 0.1) is 0 Å². The zero-order chi connectivity index (χ0) is 25.0. The smallest absolute Gasteiger partial charge is 0.410 e. The molecule has 0 bridgehead atoms. The number of aliphatic hydroxyl groups excluding tert-OH is 1. The van der Waals surface area contributed by atoms with Gasteiger partial charge in [0, 0.05) is 12.5 Å². The summed E-state index contributed by atoms with van der Waals surface area (Å²) in [5.41, 5.74) is 4.40. The highest BCUT2D eigenvalue weighted by atomic mass is 16.6. The SMILES string of the molecule is O=C(OCc1ccccc1)N(CCC(c1ccccc1)c1ccccc1)C(CO)Cc1ccccc1. The molecule has 0 radical (unpaired) electrons. The van der Waals surface area contributed by atoms with E-state index in [0.29, 0.717) is 19.4 Å². The van der Waals surface area contributed by atoms with E-state index in [1.165, 1.54) is 11.1 Å². The average molecular weight is 480 g/mol. The molecule has 4 heteroatoms. The van der Waals surface area contributed by atoms with Gasteiger partial charge in [-0.2, -0.15) is 0 Å². The number of nitrogens with zero attached hydrogens (tertiary/aromatic N) is 1. The van der Waals surface area contributed by atoms with Gasteiger partial charge in [0.1, 0.15) is 6.61 Å². The maximum absolute atomic E-state index is 13.4. The third-order valence-electron chi connectivity index (χ3n) is 6.47. The minimum absolute atomic E-state index is 0.118. The fourth-order valence-corrected chi connectivity index (χ4v) is 4.55. The molecule has 1 amide bonds.